The van der Waals surface area contributed by atoms with Crippen molar-refractivity contribution in [1.29, 1.82) is 0 Å². The highest BCUT2D eigenvalue weighted by Crippen LogP contribution is 2.29. The predicted octanol–water partition coefficient (Wildman–Crippen LogP) is -1.90. The molecule has 0 saturated heterocycles. The molecule has 0 aliphatic carbocycles. The second-order valence-electron chi connectivity index (χ2n) is 2.89. The van der Waals surface area contributed by atoms with Crippen LogP contribution in [0.25, 0.3) is 0 Å². The summed E-state index contributed by atoms with van der Waals surface area (Å²) in [5.74, 6) is -1.28. The first kappa shape index (κ1) is 14.6. The third-order valence-corrected chi connectivity index (χ3v) is 4.52. The normalized spacial score (nSPS) is 17.9. The Balaban J connectivity index is 4.61. The summed E-state index contributed by atoms with van der Waals surface area (Å²) in [7, 11) is -7.72. The van der Waals surface area contributed by atoms with Gasteiger partial charge >= 0.3 is 13.7 Å². The third kappa shape index (κ3) is 7.48. The molecule has 0 aromatic rings. The second kappa shape index (κ2) is 5.06. The molecule has 10 heteroatoms. The summed E-state index contributed by atoms with van der Waals surface area (Å²) in [4.78, 5) is 27.3. The van der Waals surface area contributed by atoms with Gasteiger partial charge in [-0.3, -0.25) is 9.00 Å². The topological polar surface area (TPSA) is 150 Å². The van der Waals surface area contributed by atoms with Crippen LogP contribution in [0.15, 0.2) is 0 Å². The summed E-state index contributed by atoms with van der Waals surface area (Å²) in [6.07, 6.45) is 0.790. The molecule has 8 nitrogen and oxygen atoms in total. The van der Waals surface area contributed by atoms with Gasteiger partial charge in [0.25, 0.3) is 0 Å². The molecule has 0 aliphatic rings. The molecule has 6 N–H and O–H groups in total. The van der Waals surface area contributed by atoms with Gasteiger partial charge in [0.2, 0.25) is 0 Å². The van der Waals surface area contributed by atoms with Crippen LogP contribution in [-0.4, -0.2) is 42.7 Å². The van der Waals surface area contributed by atoms with Gasteiger partial charge in [-0.2, -0.15) is 0 Å². The lowest BCUT2D eigenvalue weighted by Crippen LogP contribution is -2.32. The zero-order valence-corrected chi connectivity index (χ0v) is 9.57. The van der Waals surface area contributed by atoms with E-state index in [1.165, 1.54) is 0 Å². The maximum Gasteiger partial charge on any atom is 0.411 e. The van der Waals surface area contributed by atoms with Crippen molar-refractivity contribution >= 4 is 28.8 Å². The lowest BCUT2D eigenvalue weighted by Gasteiger charge is -2.09. The van der Waals surface area contributed by atoms with Crippen LogP contribution in [-0.2, 0) is 19.1 Å². The Morgan fingerprint density at radius 3 is 2.47 bits per heavy atom. The number of carboxylic acid groups (broad SMARTS) is 1. The molecule has 0 aromatic heterocycles. The van der Waals surface area contributed by atoms with Gasteiger partial charge in [-0.1, -0.05) is 0 Å². The van der Waals surface area contributed by atoms with Crippen molar-refractivity contribution in [2.45, 2.75) is 12.5 Å². The fourth-order valence-electron chi connectivity index (χ4n) is 0.661. The van der Waals surface area contributed by atoms with Gasteiger partial charge in [0, 0.05) is 22.4 Å². The number of hydrogen-bond donors (Lipinski definition) is 5. The summed E-state index contributed by atoms with van der Waals surface area (Å²) in [6, 6.07) is -1.25. The third-order valence-electron chi connectivity index (χ3n) is 1.29. The Hall–Kier alpha value is -0.440. The van der Waals surface area contributed by atoms with E-state index in [4.69, 9.17) is 20.6 Å². The molecule has 0 heterocycles. The molecule has 0 fully saturated rings. The number of carboxylic acids is 1. The summed E-state index contributed by atoms with van der Waals surface area (Å²) < 4.78 is 23.5. The molecular weight excluding hydrogens is 247 g/mol. The number of hydrogen-bond acceptors (Lipinski definition) is 4. The molecular formula is C5H13N2O6PS. The van der Waals surface area contributed by atoms with Gasteiger partial charge in [-0.25, -0.2) is 4.57 Å². The Morgan fingerprint density at radius 1 is 1.67 bits per heavy atom. The Kier molecular flexibility index (Phi) is 4.91. The zero-order valence-electron chi connectivity index (χ0n) is 7.86. The van der Waals surface area contributed by atoms with Crippen molar-refractivity contribution < 1.29 is 28.5 Å². The van der Waals surface area contributed by atoms with Crippen molar-refractivity contribution in [3.8, 4) is 0 Å². The highest BCUT2D eigenvalue weighted by molar-refractivity contribution is 8.02. The number of carbonyl (C=O) groups is 1. The minimum atomic E-state index is -4.62. The van der Waals surface area contributed by atoms with E-state index in [0.29, 0.717) is 0 Å². The van der Waals surface area contributed by atoms with E-state index in [9.17, 15) is 13.6 Å². The zero-order chi connectivity index (χ0) is 12.3. The maximum absolute atomic E-state index is 11.4. The number of nitrogens with one attached hydrogen (secondary N) is 1. The molecule has 0 bridgehead atoms. The highest BCUT2D eigenvalue weighted by atomic mass is 32.2. The van der Waals surface area contributed by atoms with Gasteiger partial charge in [0.15, 0.2) is 0 Å². The summed E-state index contributed by atoms with van der Waals surface area (Å²) in [6.45, 7) is 0. The molecule has 0 spiro atoms. The van der Waals surface area contributed by atoms with E-state index in [1.807, 2.05) is 0 Å². The van der Waals surface area contributed by atoms with Crippen molar-refractivity contribution in [2.24, 2.45) is 5.73 Å². The minimum Gasteiger partial charge on any atom is -0.480 e. The van der Waals surface area contributed by atoms with Crippen LogP contribution in [0.3, 0.4) is 0 Å². The summed E-state index contributed by atoms with van der Waals surface area (Å²) in [5, 5.41) is 9.35. The van der Waals surface area contributed by atoms with Gasteiger partial charge < -0.3 is 20.6 Å². The Morgan fingerprint density at radius 2 is 2.13 bits per heavy atom. The molecule has 2 atom stereocenters. The van der Waals surface area contributed by atoms with Crippen LogP contribution in [0, 0.1) is 0 Å². The molecule has 15 heavy (non-hydrogen) atoms. The Labute approximate surface area is 86.8 Å². The lowest BCUT2D eigenvalue weighted by molar-refractivity contribution is -0.138. The first-order chi connectivity index (χ1) is 6.53. The van der Waals surface area contributed by atoms with E-state index in [-0.39, 0.29) is 6.42 Å². The molecule has 2 unspecified atom stereocenters. The second-order valence-corrected chi connectivity index (χ2v) is 6.85. The molecule has 90 valence electrons. The van der Waals surface area contributed by atoms with Gasteiger partial charge in [-0.15, -0.1) is 4.49 Å². The van der Waals surface area contributed by atoms with Gasteiger partial charge in [0.1, 0.15) is 6.04 Å². The van der Waals surface area contributed by atoms with Crippen LogP contribution in [0.1, 0.15) is 6.42 Å². The molecule has 0 saturated carbocycles. The van der Waals surface area contributed by atoms with E-state index in [1.54, 1.807) is 4.49 Å². The van der Waals surface area contributed by atoms with Crippen LogP contribution >= 0.6 is 7.75 Å². The van der Waals surface area contributed by atoms with Crippen molar-refractivity contribution in [1.82, 2.24) is 4.49 Å². The highest BCUT2D eigenvalue weighted by Gasteiger charge is 2.17. The van der Waals surface area contributed by atoms with Crippen LogP contribution < -0.4 is 10.2 Å². The quantitative estimate of drug-likeness (QED) is 0.286. The molecule has 0 rings (SSSR count). The summed E-state index contributed by atoms with van der Waals surface area (Å²) >= 11 is 0. The largest absolute Gasteiger partial charge is 0.480 e. The molecule has 0 radical (unpaired) electrons. The van der Waals surface area contributed by atoms with Crippen LogP contribution in [0.5, 0.6) is 0 Å². The lowest BCUT2D eigenvalue weighted by atomic mass is 10.2. The Bertz CT molecular complexity index is 394. The molecule has 0 aromatic carbocycles. The average molecular weight is 260 g/mol. The SMILES string of the molecule is CS(=O)(=CCC(N)C(=O)O)NP(=O)(O)O. The van der Waals surface area contributed by atoms with E-state index in [2.05, 4.69) is 0 Å². The first-order valence-corrected chi connectivity index (χ1v) is 7.33. The number of nitrogens with two attached hydrogens (primary N) is 1. The van der Waals surface area contributed by atoms with Crippen LogP contribution in [0.4, 0.5) is 0 Å². The van der Waals surface area contributed by atoms with Crippen molar-refractivity contribution in [3.05, 3.63) is 0 Å². The average Bonchev–Trinajstić information content (AvgIpc) is 1.95. The standard InChI is InChI=1S/C5H13N2O6PS/c1-15(13,7-14(10,11)12)3-2-4(6)5(8)9/h3-4H,2,6H2,1H3,(H,8,9)(H3,7,10,11,12,13). The minimum absolute atomic E-state index is 0.252. The maximum atomic E-state index is 11.4. The number of rotatable bonds is 5. The van der Waals surface area contributed by atoms with E-state index >= 15 is 0 Å². The first-order valence-electron chi connectivity index (χ1n) is 3.69. The van der Waals surface area contributed by atoms with Gasteiger partial charge in [-0.05, 0) is 5.37 Å². The molecule has 0 amide bonds. The van der Waals surface area contributed by atoms with E-state index in [0.717, 1.165) is 11.6 Å². The number of aliphatic carboxylic acids is 1. The van der Waals surface area contributed by atoms with Crippen LogP contribution in [0.2, 0.25) is 0 Å². The molecule has 0 aliphatic heterocycles. The van der Waals surface area contributed by atoms with E-state index < -0.39 is 29.5 Å². The fraction of sp³-hybridized carbons (Fsp3) is 0.600. The van der Waals surface area contributed by atoms with Crippen molar-refractivity contribution in [2.75, 3.05) is 6.26 Å². The monoisotopic (exact) mass is 260 g/mol. The van der Waals surface area contributed by atoms with Crippen molar-refractivity contribution in [3.63, 3.8) is 0 Å². The fourth-order valence-corrected chi connectivity index (χ4v) is 3.42. The predicted molar refractivity (Wildman–Crippen MR) is 55.5 cm³/mol. The van der Waals surface area contributed by atoms with Gasteiger partial charge in [0.05, 0.1) is 0 Å². The smallest absolute Gasteiger partial charge is 0.411 e. The summed E-state index contributed by atoms with van der Waals surface area (Å²) in [5.41, 5.74) is 5.11.